The second-order valence-corrected chi connectivity index (χ2v) is 4.58. The molecule has 0 bridgehead atoms. The van der Waals surface area contributed by atoms with Crippen LogP contribution in [-0.2, 0) is 0 Å². The lowest BCUT2D eigenvalue weighted by molar-refractivity contribution is 0.0931. The normalized spacial score (nSPS) is 12.5. The van der Waals surface area contributed by atoms with Crippen LogP contribution in [0.15, 0.2) is 12.4 Å². The molecule has 1 amide bonds. The van der Waals surface area contributed by atoms with Crippen molar-refractivity contribution in [2.24, 2.45) is 0 Å². The summed E-state index contributed by atoms with van der Waals surface area (Å²) in [4.78, 5) is 21.6. The van der Waals surface area contributed by atoms with Crippen molar-refractivity contribution in [2.45, 2.75) is 19.4 Å². The molecule has 0 spiro atoms. The topological polar surface area (TPSA) is 58.1 Å². The Labute approximate surface area is 106 Å². The summed E-state index contributed by atoms with van der Waals surface area (Å²) < 4.78 is 0. The van der Waals surface area contributed by atoms with Gasteiger partial charge in [-0.05, 0) is 34.0 Å². The van der Waals surface area contributed by atoms with Crippen LogP contribution in [0.3, 0.4) is 0 Å². The molecule has 6 heteroatoms. The van der Waals surface area contributed by atoms with Crippen LogP contribution in [0, 0.1) is 0 Å². The number of carbonyl (C=O) groups excluding carboxylic acids is 1. The minimum absolute atomic E-state index is 0.0886. The number of nitrogens with one attached hydrogen (secondary N) is 1. The Hall–Kier alpha value is -1.20. The van der Waals surface area contributed by atoms with Gasteiger partial charge in [0.1, 0.15) is 10.8 Å². The first-order valence-electron chi connectivity index (χ1n) is 5.42. The lowest BCUT2D eigenvalue weighted by Gasteiger charge is -2.16. The van der Waals surface area contributed by atoms with Gasteiger partial charge in [0.15, 0.2) is 0 Å². The average Bonchev–Trinajstić information content (AvgIpc) is 2.26. The lowest BCUT2D eigenvalue weighted by Crippen LogP contribution is -2.35. The van der Waals surface area contributed by atoms with E-state index in [2.05, 4.69) is 20.2 Å². The average molecular weight is 257 g/mol. The number of hydrogen-bond donors (Lipinski definition) is 1. The molecule has 94 valence electrons. The van der Waals surface area contributed by atoms with Crippen LogP contribution in [0.4, 0.5) is 0 Å². The summed E-state index contributed by atoms with van der Waals surface area (Å²) in [6, 6.07) is 0.0886. The van der Waals surface area contributed by atoms with E-state index in [0.717, 1.165) is 13.0 Å². The summed E-state index contributed by atoms with van der Waals surface area (Å²) in [6.07, 6.45) is 3.68. The van der Waals surface area contributed by atoms with Crippen LogP contribution in [0.5, 0.6) is 0 Å². The van der Waals surface area contributed by atoms with Crippen molar-refractivity contribution in [3.63, 3.8) is 0 Å². The SMILES string of the molecule is CC(CCN(C)C)NC(=O)c1cncc(Cl)n1. The smallest absolute Gasteiger partial charge is 0.271 e. The maximum Gasteiger partial charge on any atom is 0.271 e. The molecular formula is C11H17ClN4O. The lowest BCUT2D eigenvalue weighted by atomic mass is 10.2. The molecule has 0 aromatic carbocycles. The molecule has 5 nitrogen and oxygen atoms in total. The summed E-state index contributed by atoms with van der Waals surface area (Å²) in [5.41, 5.74) is 0.245. The Morgan fingerprint density at radius 2 is 2.24 bits per heavy atom. The highest BCUT2D eigenvalue weighted by Crippen LogP contribution is 2.03. The Morgan fingerprint density at radius 1 is 1.53 bits per heavy atom. The maximum atomic E-state index is 11.8. The minimum Gasteiger partial charge on any atom is -0.348 e. The van der Waals surface area contributed by atoms with Gasteiger partial charge in [0.2, 0.25) is 0 Å². The van der Waals surface area contributed by atoms with Crippen molar-refractivity contribution in [1.82, 2.24) is 20.2 Å². The molecule has 1 N–H and O–H groups in total. The molecule has 0 saturated carbocycles. The largest absolute Gasteiger partial charge is 0.348 e. The van der Waals surface area contributed by atoms with Gasteiger partial charge < -0.3 is 10.2 Å². The van der Waals surface area contributed by atoms with Gasteiger partial charge in [0.25, 0.3) is 5.91 Å². The quantitative estimate of drug-likeness (QED) is 0.860. The molecule has 0 aliphatic rings. The molecule has 1 unspecified atom stereocenters. The predicted octanol–water partition coefficient (Wildman–Crippen LogP) is 1.20. The van der Waals surface area contributed by atoms with Crippen LogP contribution < -0.4 is 5.32 Å². The Bertz CT molecular complexity index is 383. The fraction of sp³-hybridized carbons (Fsp3) is 0.545. The number of nitrogens with zero attached hydrogens (tertiary/aromatic N) is 3. The third kappa shape index (κ3) is 5.10. The molecule has 1 aromatic heterocycles. The van der Waals surface area contributed by atoms with Crippen molar-refractivity contribution in [3.05, 3.63) is 23.2 Å². The number of carbonyl (C=O) groups is 1. The number of amides is 1. The highest BCUT2D eigenvalue weighted by atomic mass is 35.5. The third-order valence-electron chi connectivity index (χ3n) is 2.22. The van der Waals surface area contributed by atoms with Crippen LogP contribution in [-0.4, -0.2) is 47.5 Å². The molecular weight excluding hydrogens is 240 g/mol. The molecule has 1 rings (SSSR count). The van der Waals surface area contributed by atoms with E-state index in [1.807, 2.05) is 21.0 Å². The summed E-state index contributed by atoms with van der Waals surface area (Å²) in [5.74, 6) is -0.244. The van der Waals surface area contributed by atoms with Gasteiger partial charge in [0, 0.05) is 6.04 Å². The molecule has 0 aliphatic carbocycles. The first kappa shape index (κ1) is 13.9. The van der Waals surface area contributed by atoms with Gasteiger partial charge in [-0.3, -0.25) is 9.78 Å². The third-order valence-corrected chi connectivity index (χ3v) is 2.41. The van der Waals surface area contributed by atoms with E-state index >= 15 is 0 Å². The molecule has 0 aliphatic heterocycles. The Balaban J connectivity index is 2.49. The monoisotopic (exact) mass is 256 g/mol. The second-order valence-electron chi connectivity index (χ2n) is 4.19. The van der Waals surface area contributed by atoms with Crippen LogP contribution in [0.25, 0.3) is 0 Å². The molecule has 1 aromatic rings. The summed E-state index contributed by atoms with van der Waals surface area (Å²) in [5, 5.41) is 3.07. The van der Waals surface area contributed by atoms with Gasteiger partial charge in [-0.1, -0.05) is 11.6 Å². The highest BCUT2D eigenvalue weighted by molar-refractivity contribution is 6.29. The van der Waals surface area contributed by atoms with Crippen molar-refractivity contribution in [2.75, 3.05) is 20.6 Å². The zero-order valence-corrected chi connectivity index (χ0v) is 11.0. The number of aromatic nitrogens is 2. The first-order chi connectivity index (χ1) is 7.99. The van der Waals surface area contributed by atoms with E-state index in [1.54, 1.807) is 0 Å². The first-order valence-corrected chi connectivity index (χ1v) is 5.80. The van der Waals surface area contributed by atoms with Crippen LogP contribution >= 0.6 is 11.6 Å². The molecule has 1 atom stereocenters. The van der Waals surface area contributed by atoms with E-state index in [-0.39, 0.29) is 22.8 Å². The van der Waals surface area contributed by atoms with Crippen LogP contribution in [0.1, 0.15) is 23.8 Å². The molecule has 0 saturated heterocycles. The van der Waals surface area contributed by atoms with E-state index in [4.69, 9.17) is 11.6 Å². The minimum atomic E-state index is -0.244. The number of halogens is 1. The number of rotatable bonds is 5. The number of hydrogen-bond acceptors (Lipinski definition) is 4. The fourth-order valence-corrected chi connectivity index (χ4v) is 1.42. The fourth-order valence-electron chi connectivity index (χ4n) is 1.27. The Morgan fingerprint density at radius 3 is 2.82 bits per heavy atom. The van der Waals surface area contributed by atoms with Crippen molar-refractivity contribution < 1.29 is 4.79 Å². The van der Waals surface area contributed by atoms with Gasteiger partial charge in [0.05, 0.1) is 12.4 Å². The summed E-state index contributed by atoms with van der Waals surface area (Å²) in [7, 11) is 3.99. The van der Waals surface area contributed by atoms with Crippen molar-refractivity contribution in [3.8, 4) is 0 Å². The van der Waals surface area contributed by atoms with Gasteiger partial charge in [-0.15, -0.1) is 0 Å². The molecule has 0 fully saturated rings. The standard InChI is InChI=1S/C11H17ClN4O/c1-8(4-5-16(2)3)14-11(17)9-6-13-7-10(12)15-9/h6-8H,4-5H2,1-3H3,(H,14,17). The molecule has 1 heterocycles. The molecule has 17 heavy (non-hydrogen) atoms. The highest BCUT2D eigenvalue weighted by Gasteiger charge is 2.11. The van der Waals surface area contributed by atoms with Gasteiger partial charge >= 0.3 is 0 Å². The van der Waals surface area contributed by atoms with E-state index < -0.39 is 0 Å². The van der Waals surface area contributed by atoms with Gasteiger partial charge in [-0.25, -0.2) is 4.98 Å². The molecule has 0 radical (unpaired) electrons. The van der Waals surface area contributed by atoms with E-state index in [9.17, 15) is 4.79 Å². The summed E-state index contributed by atoms with van der Waals surface area (Å²) >= 11 is 5.67. The zero-order chi connectivity index (χ0) is 12.8. The van der Waals surface area contributed by atoms with Crippen LogP contribution in [0.2, 0.25) is 5.15 Å². The van der Waals surface area contributed by atoms with Crippen molar-refractivity contribution in [1.29, 1.82) is 0 Å². The summed E-state index contributed by atoms with van der Waals surface area (Å²) in [6.45, 7) is 2.88. The predicted molar refractivity (Wildman–Crippen MR) is 67.1 cm³/mol. The zero-order valence-electron chi connectivity index (χ0n) is 10.3. The van der Waals surface area contributed by atoms with Gasteiger partial charge in [-0.2, -0.15) is 0 Å². The van der Waals surface area contributed by atoms with E-state index in [0.29, 0.717) is 0 Å². The second kappa shape index (κ2) is 6.51. The maximum absolute atomic E-state index is 11.8. The van der Waals surface area contributed by atoms with E-state index in [1.165, 1.54) is 12.4 Å². The Kier molecular flexibility index (Phi) is 5.31. The van der Waals surface area contributed by atoms with Crippen molar-refractivity contribution >= 4 is 17.5 Å².